The smallest absolute Gasteiger partial charge is 0.258 e. The van der Waals surface area contributed by atoms with E-state index < -0.39 is 29.7 Å². The minimum atomic E-state index is -0.740. The van der Waals surface area contributed by atoms with Crippen LogP contribution in [0.25, 0.3) is 0 Å². The summed E-state index contributed by atoms with van der Waals surface area (Å²) >= 11 is 11.8. The molecule has 0 aliphatic heterocycles. The van der Waals surface area contributed by atoms with Crippen LogP contribution >= 0.6 is 23.2 Å². The van der Waals surface area contributed by atoms with Crippen LogP contribution in [0.2, 0.25) is 10.0 Å². The summed E-state index contributed by atoms with van der Waals surface area (Å²) in [4.78, 5) is 17.1. The van der Waals surface area contributed by atoms with E-state index in [4.69, 9.17) is 39.4 Å². The number of nitrogens with two attached hydrogens (primary N) is 2. The van der Waals surface area contributed by atoms with E-state index >= 15 is 0 Å². The molecule has 2 unspecified atom stereocenters. The molecule has 0 radical (unpaired) electrons. The monoisotopic (exact) mass is 535 g/mol. The second kappa shape index (κ2) is 12.6. The van der Waals surface area contributed by atoms with Gasteiger partial charge in [0.05, 0.1) is 24.8 Å². The predicted molar refractivity (Wildman–Crippen MR) is 137 cm³/mol. The molecule has 6 N–H and O–H groups in total. The second-order valence-electron chi connectivity index (χ2n) is 7.85. The molecule has 190 valence electrons. The third-order valence-electron chi connectivity index (χ3n) is 5.21. The molecule has 7 nitrogen and oxygen atoms in total. The van der Waals surface area contributed by atoms with Crippen molar-refractivity contribution in [2.24, 2.45) is 16.5 Å². The number of carbonyl (C=O) groups excluding carboxylic acids is 1. The summed E-state index contributed by atoms with van der Waals surface area (Å²) in [6, 6.07) is 14.4. The topological polar surface area (TPSA) is 115 Å². The average Bonchev–Trinajstić information content (AvgIpc) is 2.84. The highest BCUT2D eigenvalue weighted by molar-refractivity contribution is 6.31. The quantitative estimate of drug-likeness (QED) is 0.192. The van der Waals surface area contributed by atoms with Gasteiger partial charge in [-0.3, -0.25) is 10.1 Å². The molecule has 2 atom stereocenters. The molecule has 0 saturated heterocycles. The van der Waals surface area contributed by atoms with E-state index in [9.17, 15) is 13.6 Å². The number of halogens is 4. The van der Waals surface area contributed by atoms with Crippen LogP contribution in [0, 0.1) is 11.6 Å². The molecule has 0 fully saturated rings. The van der Waals surface area contributed by atoms with Crippen molar-refractivity contribution in [1.82, 2.24) is 10.6 Å². The third kappa shape index (κ3) is 7.63. The second-order valence-corrected chi connectivity index (χ2v) is 8.66. The first-order valence-electron chi connectivity index (χ1n) is 10.8. The van der Waals surface area contributed by atoms with Crippen molar-refractivity contribution in [2.75, 3.05) is 7.11 Å². The first-order valence-corrected chi connectivity index (χ1v) is 11.6. The fourth-order valence-corrected chi connectivity index (χ4v) is 3.59. The van der Waals surface area contributed by atoms with Crippen LogP contribution in [0.1, 0.15) is 33.9 Å². The lowest BCUT2D eigenvalue weighted by Crippen LogP contribution is -2.50. The number of aliphatic imine (C=N–C) groups is 1. The average molecular weight is 536 g/mol. The van der Waals surface area contributed by atoms with E-state index in [1.165, 1.54) is 24.3 Å². The van der Waals surface area contributed by atoms with E-state index in [-0.39, 0.29) is 34.5 Å². The molecule has 3 rings (SSSR count). The molecule has 0 aliphatic carbocycles. The fraction of sp³-hybridized carbons (Fsp3) is 0.200. The number of nitrogens with one attached hydrogen (secondary N) is 2. The highest BCUT2D eigenvalue weighted by Crippen LogP contribution is 2.20. The Morgan fingerprint density at radius 3 is 2.39 bits per heavy atom. The van der Waals surface area contributed by atoms with Crippen molar-refractivity contribution < 1.29 is 18.3 Å². The molecule has 0 heterocycles. The maximum Gasteiger partial charge on any atom is 0.258 e. The van der Waals surface area contributed by atoms with Crippen LogP contribution in [-0.4, -0.2) is 25.1 Å². The van der Waals surface area contributed by atoms with Gasteiger partial charge in [-0.05, 0) is 60.0 Å². The van der Waals surface area contributed by atoms with Gasteiger partial charge in [-0.2, -0.15) is 0 Å². The Labute approximate surface area is 217 Å². The fourth-order valence-electron chi connectivity index (χ4n) is 3.25. The maximum atomic E-state index is 13.8. The zero-order valence-corrected chi connectivity index (χ0v) is 20.8. The molecular weight excluding hydrogens is 511 g/mol. The summed E-state index contributed by atoms with van der Waals surface area (Å²) in [7, 11) is 1.57. The predicted octanol–water partition coefficient (Wildman–Crippen LogP) is 4.53. The molecule has 0 aliphatic rings. The molecule has 36 heavy (non-hydrogen) atoms. The molecule has 3 aromatic rings. The zero-order chi connectivity index (χ0) is 26.2. The van der Waals surface area contributed by atoms with Crippen LogP contribution in [-0.2, 0) is 6.54 Å². The van der Waals surface area contributed by atoms with Gasteiger partial charge >= 0.3 is 0 Å². The largest absolute Gasteiger partial charge is 0.497 e. The lowest BCUT2D eigenvalue weighted by atomic mass is 10.0. The van der Waals surface area contributed by atoms with Crippen molar-refractivity contribution >= 4 is 35.1 Å². The van der Waals surface area contributed by atoms with Gasteiger partial charge in [0.2, 0.25) is 0 Å². The minimum Gasteiger partial charge on any atom is -0.497 e. The van der Waals surface area contributed by atoms with Gasteiger partial charge in [0.1, 0.15) is 17.4 Å². The van der Waals surface area contributed by atoms with Gasteiger partial charge in [-0.25, -0.2) is 13.8 Å². The van der Waals surface area contributed by atoms with Crippen LogP contribution in [0.5, 0.6) is 5.75 Å². The summed E-state index contributed by atoms with van der Waals surface area (Å²) in [5, 5.41) is 5.56. The first-order chi connectivity index (χ1) is 17.2. The molecule has 0 aromatic heterocycles. The lowest BCUT2D eigenvalue weighted by molar-refractivity contribution is 0.0975. The van der Waals surface area contributed by atoms with Gasteiger partial charge in [-0.15, -0.1) is 0 Å². The van der Waals surface area contributed by atoms with Crippen LogP contribution in [0.3, 0.4) is 0 Å². The summed E-state index contributed by atoms with van der Waals surface area (Å²) in [5.74, 6) is -1.17. The summed E-state index contributed by atoms with van der Waals surface area (Å²) in [6.45, 7) is 0.00790. The number of methoxy groups -OCH3 is 1. The minimum absolute atomic E-state index is 0.00480. The molecule has 0 bridgehead atoms. The number of carbonyl (C=O) groups is 1. The summed E-state index contributed by atoms with van der Waals surface area (Å²) in [5.41, 5.74) is 13.9. The number of guanidine groups is 1. The Kier molecular flexibility index (Phi) is 9.60. The number of hydrogen-bond acceptors (Lipinski definition) is 5. The number of nitrogens with zero attached hydrogens (tertiary/aromatic N) is 1. The molecular formula is C25H25Cl2F2N5O2. The normalized spacial score (nSPS) is 13.1. The van der Waals surface area contributed by atoms with Crippen molar-refractivity contribution in [3.8, 4) is 5.75 Å². The van der Waals surface area contributed by atoms with Crippen molar-refractivity contribution in [3.63, 3.8) is 0 Å². The van der Waals surface area contributed by atoms with E-state index in [1.54, 1.807) is 19.2 Å². The van der Waals surface area contributed by atoms with Gasteiger partial charge in [0.25, 0.3) is 5.91 Å². The van der Waals surface area contributed by atoms with Gasteiger partial charge in [0, 0.05) is 16.6 Å². The summed E-state index contributed by atoms with van der Waals surface area (Å²) in [6.07, 6.45) is -0.430. The lowest BCUT2D eigenvalue weighted by Gasteiger charge is -2.21. The number of hydrogen-bond donors (Lipinski definition) is 4. The number of rotatable bonds is 8. The molecule has 0 spiro atoms. The highest BCUT2D eigenvalue weighted by atomic mass is 35.5. The van der Waals surface area contributed by atoms with Crippen LogP contribution in [0.15, 0.2) is 65.7 Å². The molecule has 3 aromatic carbocycles. The van der Waals surface area contributed by atoms with Gasteiger partial charge in [0.15, 0.2) is 5.96 Å². The third-order valence-corrected chi connectivity index (χ3v) is 5.87. The number of amides is 1. The van der Waals surface area contributed by atoms with Crippen molar-refractivity contribution in [2.45, 2.75) is 25.2 Å². The molecule has 1 amide bonds. The standard InChI is InChI=1S/C25H25Cl2F2N5O2/c1-36-18-7-3-14(4-8-18)22(30)12-23(31)33-25(32-13-16-2-6-17(28)11-20(16)27)34-24(35)15-5-9-19(26)21(29)10-15/h2-11,22-23H,12-13,30-31H2,1H3,(H2,32,33,34,35). The van der Waals surface area contributed by atoms with E-state index in [0.717, 1.165) is 17.7 Å². The van der Waals surface area contributed by atoms with E-state index in [0.29, 0.717) is 11.3 Å². The Bertz CT molecular complexity index is 1240. The highest BCUT2D eigenvalue weighted by Gasteiger charge is 2.17. The number of benzene rings is 3. The Balaban J connectivity index is 1.76. The SMILES string of the molecule is COc1ccc(C(N)CC(N)NC(=NCc2ccc(F)cc2Cl)NC(=O)c2ccc(Cl)c(F)c2)cc1. The Hall–Kier alpha value is -3.24. The number of ether oxygens (including phenoxy) is 1. The molecule has 0 saturated carbocycles. The van der Waals surface area contributed by atoms with Crippen molar-refractivity contribution in [1.29, 1.82) is 0 Å². The maximum absolute atomic E-state index is 13.8. The summed E-state index contributed by atoms with van der Waals surface area (Å²) < 4.78 is 32.4. The zero-order valence-electron chi connectivity index (χ0n) is 19.3. The first kappa shape index (κ1) is 27.3. The van der Waals surface area contributed by atoms with E-state index in [1.807, 2.05) is 12.1 Å². The molecule has 11 heteroatoms. The Morgan fingerprint density at radius 2 is 1.75 bits per heavy atom. The van der Waals surface area contributed by atoms with Crippen LogP contribution < -0.4 is 26.8 Å². The Morgan fingerprint density at radius 1 is 1.03 bits per heavy atom. The van der Waals surface area contributed by atoms with Gasteiger partial charge in [-0.1, -0.05) is 41.4 Å². The van der Waals surface area contributed by atoms with Gasteiger partial charge < -0.3 is 21.5 Å². The van der Waals surface area contributed by atoms with Crippen LogP contribution in [0.4, 0.5) is 8.78 Å². The van der Waals surface area contributed by atoms with E-state index in [2.05, 4.69) is 15.6 Å². The van der Waals surface area contributed by atoms with Crippen molar-refractivity contribution in [3.05, 3.63) is 99.0 Å².